The van der Waals surface area contributed by atoms with Gasteiger partial charge in [-0.3, -0.25) is 0 Å². The lowest BCUT2D eigenvalue weighted by Gasteiger charge is -2.31. The number of hydrogen-bond donors (Lipinski definition) is 0. The summed E-state index contributed by atoms with van der Waals surface area (Å²) in [6, 6.07) is 4.87. The maximum absolute atomic E-state index is 2.43. The van der Waals surface area contributed by atoms with Crippen LogP contribution < -0.4 is 0 Å². The molecule has 0 fully saturated rings. The summed E-state index contributed by atoms with van der Waals surface area (Å²) < 4.78 is 0. The van der Waals surface area contributed by atoms with Crippen molar-refractivity contribution in [1.82, 2.24) is 9.80 Å². The van der Waals surface area contributed by atoms with E-state index in [4.69, 9.17) is 0 Å². The third-order valence-electron chi connectivity index (χ3n) is 3.97. The Hall–Kier alpha value is -0.860. The monoisotopic (exact) mass is 260 g/mol. The zero-order chi connectivity index (χ0) is 14.2. The maximum atomic E-state index is 2.43. The van der Waals surface area contributed by atoms with Crippen molar-refractivity contribution < 1.29 is 0 Å². The van der Waals surface area contributed by atoms with Crippen LogP contribution in [0, 0.1) is 0 Å². The Kier molecular flexibility index (Phi) is 4.03. The first-order valence-electron chi connectivity index (χ1n) is 7.26. The minimum absolute atomic E-state index is 0.228. The molecule has 0 radical (unpaired) electrons. The Morgan fingerprint density at radius 1 is 1.21 bits per heavy atom. The standard InChI is InChI=1S/C17H28N2/c1-17(2,3)15-9-13(11-18(4)5)16-7-8-19(6)12-14(16)10-15/h9-10H,7-8,11-12H2,1-6H3. The van der Waals surface area contributed by atoms with Gasteiger partial charge in [0.1, 0.15) is 0 Å². The van der Waals surface area contributed by atoms with Gasteiger partial charge in [0.25, 0.3) is 0 Å². The van der Waals surface area contributed by atoms with Crippen LogP contribution in [0.15, 0.2) is 12.1 Å². The lowest BCUT2D eigenvalue weighted by molar-refractivity contribution is 0.309. The van der Waals surface area contributed by atoms with Crippen molar-refractivity contribution in [3.8, 4) is 0 Å². The second-order valence-electron chi connectivity index (χ2n) is 7.25. The van der Waals surface area contributed by atoms with Gasteiger partial charge < -0.3 is 9.80 Å². The average molecular weight is 260 g/mol. The second-order valence-corrected chi connectivity index (χ2v) is 7.25. The van der Waals surface area contributed by atoms with Crippen LogP contribution in [0.1, 0.15) is 43.0 Å². The van der Waals surface area contributed by atoms with E-state index in [0.29, 0.717) is 0 Å². The highest BCUT2D eigenvalue weighted by Crippen LogP contribution is 2.30. The third-order valence-corrected chi connectivity index (χ3v) is 3.97. The number of hydrogen-bond acceptors (Lipinski definition) is 2. The van der Waals surface area contributed by atoms with E-state index in [1.54, 1.807) is 5.56 Å². The third kappa shape index (κ3) is 3.37. The van der Waals surface area contributed by atoms with Crippen molar-refractivity contribution >= 4 is 0 Å². The molecule has 19 heavy (non-hydrogen) atoms. The molecule has 0 bridgehead atoms. The Balaban J connectivity index is 2.48. The summed E-state index contributed by atoms with van der Waals surface area (Å²) in [6.45, 7) is 10.3. The minimum atomic E-state index is 0.228. The summed E-state index contributed by atoms with van der Waals surface area (Å²) in [5.74, 6) is 0. The van der Waals surface area contributed by atoms with Gasteiger partial charge in [0, 0.05) is 19.6 Å². The number of nitrogens with zero attached hydrogens (tertiary/aromatic N) is 2. The van der Waals surface area contributed by atoms with Gasteiger partial charge in [0.15, 0.2) is 0 Å². The quantitative estimate of drug-likeness (QED) is 0.806. The molecule has 2 nitrogen and oxygen atoms in total. The van der Waals surface area contributed by atoms with E-state index >= 15 is 0 Å². The van der Waals surface area contributed by atoms with Gasteiger partial charge in [0.05, 0.1) is 0 Å². The summed E-state index contributed by atoms with van der Waals surface area (Å²) in [5, 5.41) is 0. The Morgan fingerprint density at radius 3 is 2.47 bits per heavy atom. The zero-order valence-electron chi connectivity index (χ0n) is 13.4. The minimum Gasteiger partial charge on any atom is -0.305 e. The van der Waals surface area contributed by atoms with Crippen molar-refractivity contribution in [1.29, 1.82) is 0 Å². The van der Waals surface area contributed by atoms with Crippen molar-refractivity contribution in [2.45, 2.75) is 45.7 Å². The highest BCUT2D eigenvalue weighted by Gasteiger charge is 2.22. The smallest absolute Gasteiger partial charge is 0.0233 e. The molecule has 0 aliphatic carbocycles. The summed E-state index contributed by atoms with van der Waals surface area (Å²) in [4.78, 5) is 4.70. The molecule has 1 aromatic rings. The van der Waals surface area contributed by atoms with Crippen molar-refractivity contribution in [3.05, 3.63) is 34.4 Å². The molecule has 0 saturated heterocycles. The fourth-order valence-electron chi connectivity index (χ4n) is 2.85. The highest BCUT2D eigenvalue weighted by molar-refractivity contribution is 5.43. The highest BCUT2D eigenvalue weighted by atomic mass is 15.1. The predicted octanol–water partition coefficient (Wildman–Crippen LogP) is 3.03. The lowest BCUT2D eigenvalue weighted by atomic mass is 9.82. The molecule has 1 heterocycles. The molecule has 0 saturated carbocycles. The molecule has 0 aromatic heterocycles. The normalized spacial score (nSPS) is 16.8. The zero-order valence-corrected chi connectivity index (χ0v) is 13.4. The van der Waals surface area contributed by atoms with Crippen LogP contribution in [0.3, 0.4) is 0 Å². The molecule has 106 valence electrons. The van der Waals surface area contributed by atoms with Gasteiger partial charge in [-0.1, -0.05) is 32.9 Å². The fourth-order valence-corrected chi connectivity index (χ4v) is 2.85. The molecule has 0 N–H and O–H groups in total. The van der Waals surface area contributed by atoms with Crippen LogP contribution in [-0.2, 0) is 24.9 Å². The van der Waals surface area contributed by atoms with Gasteiger partial charge in [-0.2, -0.15) is 0 Å². The van der Waals surface area contributed by atoms with Crippen LogP contribution in [-0.4, -0.2) is 37.5 Å². The van der Waals surface area contributed by atoms with Crippen molar-refractivity contribution in [3.63, 3.8) is 0 Å². The lowest BCUT2D eigenvalue weighted by Crippen LogP contribution is -2.29. The molecule has 0 atom stereocenters. The molecule has 2 heteroatoms. The molecule has 1 aliphatic rings. The molecule has 0 spiro atoms. The van der Waals surface area contributed by atoms with E-state index in [1.165, 1.54) is 29.7 Å². The van der Waals surface area contributed by atoms with Crippen LogP contribution in [0.2, 0.25) is 0 Å². The van der Waals surface area contributed by atoms with E-state index in [-0.39, 0.29) is 5.41 Å². The van der Waals surface area contributed by atoms with Crippen LogP contribution in [0.4, 0.5) is 0 Å². The van der Waals surface area contributed by atoms with Gasteiger partial charge in [-0.15, -0.1) is 0 Å². The van der Waals surface area contributed by atoms with E-state index < -0.39 is 0 Å². The number of rotatable bonds is 2. The van der Waals surface area contributed by atoms with Crippen molar-refractivity contribution in [2.24, 2.45) is 0 Å². The number of benzene rings is 1. The molecular weight excluding hydrogens is 232 g/mol. The Labute approximate surface area is 118 Å². The fraction of sp³-hybridized carbons (Fsp3) is 0.647. The summed E-state index contributed by atoms with van der Waals surface area (Å²) in [7, 11) is 6.54. The molecular formula is C17H28N2. The van der Waals surface area contributed by atoms with E-state index in [1.807, 2.05) is 0 Å². The molecule has 0 unspecified atom stereocenters. The van der Waals surface area contributed by atoms with Gasteiger partial charge in [0.2, 0.25) is 0 Å². The van der Waals surface area contributed by atoms with Crippen LogP contribution in [0.5, 0.6) is 0 Å². The summed E-state index contributed by atoms with van der Waals surface area (Å²) in [6.07, 6.45) is 1.19. The van der Waals surface area contributed by atoms with Gasteiger partial charge >= 0.3 is 0 Å². The SMILES string of the molecule is CN(C)Cc1cc(C(C)(C)C)cc2c1CCN(C)C2. The predicted molar refractivity (Wildman–Crippen MR) is 82.6 cm³/mol. The molecule has 2 rings (SSSR count). The first-order valence-corrected chi connectivity index (χ1v) is 7.26. The second kappa shape index (κ2) is 5.26. The van der Waals surface area contributed by atoms with E-state index in [0.717, 1.165) is 13.1 Å². The van der Waals surface area contributed by atoms with Crippen molar-refractivity contribution in [2.75, 3.05) is 27.7 Å². The first kappa shape index (κ1) is 14.5. The van der Waals surface area contributed by atoms with Gasteiger partial charge in [-0.05, 0) is 55.2 Å². The Morgan fingerprint density at radius 2 is 1.89 bits per heavy atom. The topological polar surface area (TPSA) is 6.48 Å². The first-order chi connectivity index (χ1) is 8.77. The molecule has 1 aromatic carbocycles. The van der Waals surface area contributed by atoms with Gasteiger partial charge in [-0.25, -0.2) is 0 Å². The maximum Gasteiger partial charge on any atom is 0.0233 e. The van der Waals surface area contributed by atoms with E-state index in [9.17, 15) is 0 Å². The largest absolute Gasteiger partial charge is 0.305 e. The summed E-state index contributed by atoms with van der Waals surface area (Å²) in [5.41, 5.74) is 6.36. The molecule has 0 amide bonds. The Bertz CT molecular complexity index is 455. The van der Waals surface area contributed by atoms with E-state index in [2.05, 4.69) is 63.8 Å². The summed E-state index contributed by atoms with van der Waals surface area (Å²) >= 11 is 0. The van der Waals surface area contributed by atoms with Crippen LogP contribution >= 0.6 is 0 Å². The van der Waals surface area contributed by atoms with Crippen LogP contribution in [0.25, 0.3) is 0 Å². The number of likely N-dealkylation sites (N-methyl/N-ethyl adjacent to an activating group) is 1. The number of fused-ring (bicyclic) bond motifs is 1. The molecule has 1 aliphatic heterocycles. The average Bonchev–Trinajstić information content (AvgIpc) is 2.26.